The molecular weight excluding hydrogens is 214 g/mol. The van der Waals surface area contributed by atoms with E-state index >= 15 is 0 Å². The molecule has 1 rings (SSSR count). The maximum Gasteiger partial charge on any atom is 0.240 e. The van der Waals surface area contributed by atoms with E-state index in [1.807, 2.05) is 11.8 Å². The zero-order chi connectivity index (χ0) is 12.8. The number of amides is 1. The molecule has 0 radical (unpaired) electrons. The van der Waals surface area contributed by atoms with Gasteiger partial charge < -0.3 is 9.80 Å². The van der Waals surface area contributed by atoms with Crippen molar-refractivity contribution in [1.82, 2.24) is 9.80 Å². The maximum absolute atomic E-state index is 12.3. The normalized spacial score (nSPS) is 23.9. The quantitative estimate of drug-likeness (QED) is 0.747. The van der Waals surface area contributed by atoms with E-state index in [0.717, 1.165) is 32.5 Å². The minimum Gasteiger partial charge on any atom is -0.338 e. The van der Waals surface area contributed by atoms with E-state index in [1.54, 1.807) is 0 Å². The Kier molecular flexibility index (Phi) is 5.43. The van der Waals surface area contributed by atoms with Gasteiger partial charge in [-0.15, -0.1) is 0 Å². The average molecular weight is 237 g/mol. The Labute approximate surface area is 104 Å². The molecule has 0 aliphatic carbocycles. The van der Waals surface area contributed by atoms with Gasteiger partial charge in [0.1, 0.15) is 5.92 Å². The van der Waals surface area contributed by atoms with Crippen LogP contribution in [0.3, 0.4) is 0 Å². The summed E-state index contributed by atoms with van der Waals surface area (Å²) >= 11 is 0. The molecule has 4 heteroatoms. The predicted octanol–water partition coefficient (Wildman–Crippen LogP) is 1.48. The van der Waals surface area contributed by atoms with Gasteiger partial charge in [-0.3, -0.25) is 4.79 Å². The van der Waals surface area contributed by atoms with Crippen molar-refractivity contribution in [3.8, 4) is 6.07 Å². The van der Waals surface area contributed by atoms with Gasteiger partial charge in [0.25, 0.3) is 0 Å². The fourth-order valence-corrected chi connectivity index (χ4v) is 2.43. The smallest absolute Gasteiger partial charge is 0.240 e. The number of hydrogen-bond donors (Lipinski definition) is 0. The summed E-state index contributed by atoms with van der Waals surface area (Å²) in [5.41, 5.74) is 0. The van der Waals surface area contributed by atoms with Crippen molar-refractivity contribution in [1.29, 1.82) is 5.26 Å². The Bertz CT molecular complexity index is 298. The van der Waals surface area contributed by atoms with E-state index in [9.17, 15) is 4.79 Å². The summed E-state index contributed by atoms with van der Waals surface area (Å²) in [4.78, 5) is 16.4. The van der Waals surface area contributed by atoms with Gasteiger partial charge in [-0.2, -0.15) is 5.26 Å². The molecule has 1 amide bonds. The standard InChI is InChI=1S/C13H23N3O/c1-4-6-12(9-14)13(17)16-8-5-7-15(3)10-11(16)2/h11-12H,4-8,10H2,1-3H3. The summed E-state index contributed by atoms with van der Waals surface area (Å²) in [7, 11) is 2.08. The molecule has 1 heterocycles. The lowest BCUT2D eigenvalue weighted by Gasteiger charge is -2.29. The fraction of sp³-hybridized carbons (Fsp3) is 0.846. The van der Waals surface area contributed by atoms with E-state index in [0.29, 0.717) is 6.42 Å². The largest absolute Gasteiger partial charge is 0.338 e. The summed E-state index contributed by atoms with van der Waals surface area (Å²) in [5.74, 6) is -0.428. The molecule has 0 aromatic heterocycles. The third-order valence-electron chi connectivity index (χ3n) is 3.36. The summed E-state index contributed by atoms with van der Waals surface area (Å²) in [6.07, 6.45) is 2.55. The Morgan fingerprint density at radius 3 is 2.82 bits per heavy atom. The topological polar surface area (TPSA) is 47.3 Å². The molecule has 2 atom stereocenters. The summed E-state index contributed by atoms with van der Waals surface area (Å²) < 4.78 is 0. The van der Waals surface area contributed by atoms with Gasteiger partial charge >= 0.3 is 0 Å². The van der Waals surface area contributed by atoms with Crippen LogP contribution in [0, 0.1) is 17.2 Å². The lowest BCUT2D eigenvalue weighted by Crippen LogP contribution is -2.44. The molecule has 0 aromatic rings. The number of rotatable bonds is 3. The molecular formula is C13H23N3O. The first-order chi connectivity index (χ1) is 8.10. The van der Waals surface area contributed by atoms with Gasteiger partial charge in [-0.25, -0.2) is 0 Å². The van der Waals surface area contributed by atoms with Crippen LogP contribution in [-0.4, -0.2) is 48.4 Å². The summed E-state index contributed by atoms with van der Waals surface area (Å²) in [5, 5.41) is 9.06. The summed E-state index contributed by atoms with van der Waals surface area (Å²) in [6.45, 7) is 6.79. The van der Waals surface area contributed by atoms with Crippen LogP contribution >= 0.6 is 0 Å². The van der Waals surface area contributed by atoms with Crippen LogP contribution in [0.5, 0.6) is 0 Å². The van der Waals surface area contributed by atoms with Gasteiger partial charge in [-0.05, 0) is 33.4 Å². The maximum atomic E-state index is 12.3. The molecule has 1 aliphatic rings. The third-order valence-corrected chi connectivity index (χ3v) is 3.36. The fourth-order valence-electron chi connectivity index (χ4n) is 2.43. The molecule has 0 N–H and O–H groups in total. The molecule has 1 saturated heterocycles. The van der Waals surface area contributed by atoms with Gasteiger partial charge in [-0.1, -0.05) is 13.3 Å². The molecule has 2 unspecified atom stereocenters. The van der Waals surface area contributed by atoms with Crippen LogP contribution in [0.15, 0.2) is 0 Å². The number of nitriles is 1. The first kappa shape index (κ1) is 14.0. The van der Waals surface area contributed by atoms with E-state index in [1.165, 1.54) is 0 Å². The molecule has 1 aliphatic heterocycles. The van der Waals surface area contributed by atoms with Gasteiger partial charge in [0.15, 0.2) is 0 Å². The number of hydrogen-bond acceptors (Lipinski definition) is 3. The Morgan fingerprint density at radius 2 is 2.24 bits per heavy atom. The molecule has 0 saturated carbocycles. The minimum atomic E-state index is -0.453. The van der Waals surface area contributed by atoms with Gasteiger partial charge in [0.05, 0.1) is 6.07 Å². The van der Waals surface area contributed by atoms with E-state index in [-0.39, 0.29) is 11.9 Å². The molecule has 0 aromatic carbocycles. The molecule has 4 nitrogen and oxygen atoms in total. The zero-order valence-corrected chi connectivity index (χ0v) is 11.1. The minimum absolute atomic E-state index is 0.0251. The Morgan fingerprint density at radius 1 is 1.53 bits per heavy atom. The van der Waals surface area contributed by atoms with Crippen molar-refractivity contribution in [3.05, 3.63) is 0 Å². The second kappa shape index (κ2) is 6.61. The van der Waals surface area contributed by atoms with E-state index in [2.05, 4.69) is 24.9 Å². The van der Waals surface area contributed by atoms with Gasteiger partial charge in [0, 0.05) is 19.1 Å². The van der Waals surface area contributed by atoms with E-state index < -0.39 is 5.92 Å². The van der Waals surface area contributed by atoms with E-state index in [4.69, 9.17) is 5.26 Å². The Hall–Kier alpha value is -1.08. The van der Waals surface area contributed by atoms with Crippen molar-refractivity contribution < 1.29 is 4.79 Å². The molecule has 0 spiro atoms. The van der Waals surface area contributed by atoms with Crippen LogP contribution in [0.1, 0.15) is 33.1 Å². The Balaban J connectivity index is 2.69. The highest BCUT2D eigenvalue weighted by Crippen LogP contribution is 2.15. The van der Waals surface area contributed by atoms with Crippen molar-refractivity contribution in [2.24, 2.45) is 5.92 Å². The van der Waals surface area contributed by atoms with Crippen molar-refractivity contribution in [2.45, 2.75) is 39.2 Å². The number of carbonyl (C=O) groups is 1. The molecule has 0 bridgehead atoms. The highest BCUT2D eigenvalue weighted by Gasteiger charge is 2.28. The van der Waals surface area contributed by atoms with Crippen molar-refractivity contribution >= 4 is 5.91 Å². The lowest BCUT2D eigenvalue weighted by molar-refractivity contribution is -0.135. The number of carbonyl (C=O) groups excluding carboxylic acids is 1. The van der Waals surface area contributed by atoms with Crippen molar-refractivity contribution in [2.75, 3.05) is 26.7 Å². The van der Waals surface area contributed by atoms with Crippen LogP contribution < -0.4 is 0 Å². The SMILES string of the molecule is CCCC(C#N)C(=O)N1CCCN(C)CC1C. The number of likely N-dealkylation sites (N-methyl/N-ethyl adjacent to an activating group) is 1. The molecule has 17 heavy (non-hydrogen) atoms. The highest BCUT2D eigenvalue weighted by molar-refractivity contribution is 5.81. The lowest BCUT2D eigenvalue weighted by atomic mass is 10.0. The zero-order valence-electron chi connectivity index (χ0n) is 11.1. The van der Waals surface area contributed by atoms with Crippen LogP contribution in [0.4, 0.5) is 0 Å². The van der Waals surface area contributed by atoms with Crippen molar-refractivity contribution in [3.63, 3.8) is 0 Å². The molecule has 1 fully saturated rings. The van der Waals surface area contributed by atoms with Gasteiger partial charge in [0.2, 0.25) is 5.91 Å². The predicted molar refractivity (Wildman–Crippen MR) is 67.3 cm³/mol. The van der Waals surface area contributed by atoms with Crippen LogP contribution in [0.25, 0.3) is 0 Å². The average Bonchev–Trinajstić information content (AvgIpc) is 2.46. The third kappa shape index (κ3) is 3.71. The number of nitrogens with zero attached hydrogens (tertiary/aromatic N) is 3. The monoisotopic (exact) mass is 237 g/mol. The molecule has 96 valence electrons. The second-order valence-electron chi connectivity index (χ2n) is 4.97. The summed E-state index contributed by atoms with van der Waals surface area (Å²) in [6, 6.07) is 2.36. The first-order valence-corrected chi connectivity index (χ1v) is 6.48. The second-order valence-corrected chi connectivity index (χ2v) is 4.97. The highest BCUT2D eigenvalue weighted by atomic mass is 16.2. The van der Waals surface area contributed by atoms with Crippen LogP contribution in [-0.2, 0) is 4.79 Å². The van der Waals surface area contributed by atoms with Crippen LogP contribution in [0.2, 0.25) is 0 Å². The first-order valence-electron chi connectivity index (χ1n) is 6.48.